The van der Waals surface area contributed by atoms with E-state index in [1.807, 2.05) is 46.5 Å². The van der Waals surface area contributed by atoms with Gasteiger partial charge in [-0.3, -0.25) is 9.36 Å². The minimum Gasteiger partial charge on any atom is -0.408 e. The van der Waals surface area contributed by atoms with E-state index < -0.39 is 11.7 Å². The summed E-state index contributed by atoms with van der Waals surface area (Å²) in [7, 11) is 0. The van der Waals surface area contributed by atoms with Gasteiger partial charge in [-0.1, -0.05) is 42.5 Å². The second-order valence-electron chi connectivity index (χ2n) is 5.73. The summed E-state index contributed by atoms with van der Waals surface area (Å²) < 4.78 is 8.36. The zero-order valence-corrected chi connectivity index (χ0v) is 14.6. The van der Waals surface area contributed by atoms with Crippen molar-refractivity contribution in [3.63, 3.8) is 0 Å². The van der Waals surface area contributed by atoms with Gasteiger partial charge in [0.1, 0.15) is 6.54 Å². The summed E-state index contributed by atoms with van der Waals surface area (Å²) in [6.45, 7) is 0.476. The van der Waals surface area contributed by atoms with E-state index in [9.17, 15) is 9.59 Å². The first-order valence-electron chi connectivity index (χ1n) is 8.04. The predicted octanol–water partition coefficient (Wildman–Crippen LogP) is 2.63. The molecule has 0 spiro atoms. The molecule has 0 fully saturated rings. The van der Waals surface area contributed by atoms with Crippen LogP contribution in [0, 0.1) is 0 Å². The van der Waals surface area contributed by atoms with E-state index in [0.717, 1.165) is 5.56 Å². The highest BCUT2D eigenvalue weighted by atomic mass is 32.1. The number of carbonyl (C=O) groups excluding carboxylic acids is 1. The Labute approximate surface area is 152 Å². The molecule has 0 aliphatic carbocycles. The van der Waals surface area contributed by atoms with E-state index >= 15 is 0 Å². The fourth-order valence-corrected chi connectivity index (χ4v) is 3.47. The summed E-state index contributed by atoms with van der Waals surface area (Å²) in [6.07, 6.45) is 1.89. The molecule has 0 bridgehead atoms. The van der Waals surface area contributed by atoms with E-state index in [1.54, 1.807) is 24.3 Å². The molecule has 0 saturated carbocycles. The number of carbonyl (C=O) groups is 1. The molecule has 1 amide bonds. The molecule has 0 aliphatic heterocycles. The van der Waals surface area contributed by atoms with Crippen LogP contribution < -0.4 is 10.6 Å². The Morgan fingerprint density at radius 2 is 1.85 bits per heavy atom. The van der Waals surface area contributed by atoms with Crippen LogP contribution in [-0.2, 0) is 17.9 Å². The van der Waals surface area contributed by atoms with Crippen LogP contribution in [-0.4, -0.2) is 15.0 Å². The third-order valence-corrected chi connectivity index (χ3v) is 4.74. The van der Waals surface area contributed by atoms with E-state index in [-0.39, 0.29) is 6.54 Å². The second kappa shape index (κ2) is 6.97. The first kappa shape index (κ1) is 16.3. The van der Waals surface area contributed by atoms with Crippen molar-refractivity contribution in [2.24, 2.45) is 4.99 Å². The third-order valence-electron chi connectivity index (χ3n) is 3.94. The second-order valence-corrected chi connectivity index (χ2v) is 6.60. The number of benzene rings is 2. The number of hydrogen-bond acceptors (Lipinski definition) is 4. The Bertz CT molecular complexity index is 1180. The number of aromatic nitrogens is 2. The van der Waals surface area contributed by atoms with Crippen molar-refractivity contribution in [2.45, 2.75) is 13.1 Å². The number of oxazole rings is 1. The van der Waals surface area contributed by atoms with Gasteiger partial charge in [-0.15, -0.1) is 11.3 Å². The molecular weight excluding hydrogens is 350 g/mol. The highest BCUT2D eigenvalue weighted by Gasteiger charge is 2.12. The number of thiazole rings is 1. The van der Waals surface area contributed by atoms with Crippen LogP contribution >= 0.6 is 11.3 Å². The standard InChI is InChI=1S/C19H15N3O3S/c23-17(13-22-15-8-4-5-9-16(15)25-19(22)24)20-18-21(10-11-26-18)12-14-6-2-1-3-7-14/h1-11H,12-13H2. The maximum Gasteiger partial charge on any atom is 0.420 e. The van der Waals surface area contributed by atoms with Crippen LogP contribution in [0.15, 0.2) is 80.4 Å². The molecule has 0 atom stereocenters. The maximum absolute atomic E-state index is 12.4. The first-order chi connectivity index (χ1) is 12.7. The molecule has 0 N–H and O–H groups in total. The zero-order valence-electron chi connectivity index (χ0n) is 13.7. The average molecular weight is 365 g/mol. The van der Waals surface area contributed by atoms with Crippen LogP contribution in [0.1, 0.15) is 5.56 Å². The minimum atomic E-state index is -0.557. The Balaban J connectivity index is 1.61. The van der Waals surface area contributed by atoms with Crippen molar-refractivity contribution in [2.75, 3.05) is 0 Å². The smallest absolute Gasteiger partial charge is 0.408 e. The molecule has 0 saturated heterocycles. The average Bonchev–Trinajstić information content (AvgIpc) is 3.20. The molecule has 2 aromatic carbocycles. The Hall–Kier alpha value is -3.19. The number of amides is 1. The Kier molecular flexibility index (Phi) is 4.37. The van der Waals surface area contributed by atoms with Crippen molar-refractivity contribution < 1.29 is 9.21 Å². The minimum absolute atomic E-state index is 0.154. The summed E-state index contributed by atoms with van der Waals surface area (Å²) in [5, 5.41) is 1.88. The number of nitrogens with zero attached hydrogens (tertiary/aromatic N) is 3. The number of para-hydroxylation sites is 2. The van der Waals surface area contributed by atoms with Crippen molar-refractivity contribution in [1.29, 1.82) is 0 Å². The summed E-state index contributed by atoms with van der Waals surface area (Å²) in [5.74, 6) is -0.957. The molecule has 4 aromatic rings. The van der Waals surface area contributed by atoms with Gasteiger partial charge in [-0.25, -0.2) is 4.79 Å². The molecule has 4 rings (SSSR count). The SMILES string of the molecule is O=C(Cn1c(=O)oc2ccccc21)N=c1sccn1Cc1ccccc1. The lowest BCUT2D eigenvalue weighted by molar-refractivity contribution is -0.118. The first-order valence-corrected chi connectivity index (χ1v) is 8.92. The van der Waals surface area contributed by atoms with Crippen molar-refractivity contribution in [3.8, 4) is 0 Å². The normalized spacial score (nSPS) is 11.9. The summed E-state index contributed by atoms with van der Waals surface area (Å²) in [6, 6.07) is 17.0. The number of hydrogen-bond donors (Lipinski definition) is 0. The Morgan fingerprint density at radius 1 is 1.08 bits per heavy atom. The molecule has 0 radical (unpaired) electrons. The van der Waals surface area contributed by atoms with Gasteiger partial charge in [0.05, 0.1) is 5.52 Å². The maximum atomic E-state index is 12.4. The van der Waals surface area contributed by atoms with E-state index in [2.05, 4.69) is 4.99 Å². The van der Waals surface area contributed by atoms with Crippen LogP contribution in [0.2, 0.25) is 0 Å². The van der Waals surface area contributed by atoms with Crippen molar-refractivity contribution in [3.05, 3.63) is 87.1 Å². The van der Waals surface area contributed by atoms with Gasteiger partial charge < -0.3 is 8.98 Å². The molecule has 26 heavy (non-hydrogen) atoms. The van der Waals surface area contributed by atoms with Crippen molar-refractivity contribution in [1.82, 2.24) is 9.13 Å². The number of fused-ring (bicyclic) bond motifs is 1. The molecule has 0 unspecified atom stereocenters. The molecule has 0 aliphatic rings. The predicted molar refractivity (Wildman–Crippen MR) is 98.9 cm³/mol. The van der Waals surface area contributed by atoms with Gasteiger partial charge >= 0.3 is 5.76 Å². The lowest BCUT2D eigenvalue weighted by Crippen LogP contribution is -2.22. The van der Waals surface area contributed by atoms with Gasteiger partial charge in [-0.05, 0) is 17.7 Å². The van der Waals surface area contributed by atoms with Gasteiger partial charge in [0, 0.05) is 18.1 Å². The largest absolute Gasteiger partial charge is 0.420 e. The Morgan fingerprint density at radius 3 is 2.69 bits per heavy atom. The third kappa shape index (κ3) is 3.29. The molecule has 130 valence electrons. The van der Waals surface area contributed by atoms with E-state index in [1.165, 1.54) is 15.9 Å². The molecule has 6 nitrogen and oxygen atoms in total. The van der Waals surface area contributed by atoms with Gasteiger partial charge in [0.2, 0.25) is 0 Å². The summed E-state index contributed by atoms with van der Waals surface area (Å²) >= 11 is 1.38. The van der Waals surface area contributed by atoms with Gasteiger partial charge in [-0.2, -0.15) is 4.99 Å². The number of rotatable bonds is 4. The van der Waals surface area contributed by atoms with Gasteiger partial charge in [0.25, 0.3) is 5.91 Å². The quantitative estimate of drug-likeness (QED) is 0.558. The monoisotopic (exact) mass is 365 g/mol. The highest BCUT2D eigenvalue weighted by molar-refractivity contribution is 7.07. The van der Waals surface area contributed by atoms with Crippen LogP contribution in [0.3, 0.4) is 0 Å². The summed E-state index contributed by atoms with van der Waals surface area (Å²) in [5.41, 5.74) is 2.17. The van der Waals surface area contributed by atoms with Crippen LogP contribution in [0.5, 0.6) is 0 Å². The lowest BCUT2D eigenvalue weighted by Gasteiger charge is -2.03. The fraction of sp³-hybridized carbons (Fsp3) is 0.105. The molecule has 2 aromatic heterocycles. The highest BCUT2D eigenvalue weighted by Crippen LogP contribution is 2.11. The fourth-order valence-electron chi connectivity index (χ4n) is 2.73. The summed E-state index contributed by atoms with van der Waals surface area (Å²) in [4.78, 5) is 29.2. The molecule has 7 heteroatoms. The lowest BCUT2D eigenvalue weighted by atomic mass is 10.2. The van der Waals surface area contributed by atoms with E-state index in [0.29, 0.717) is 22.4 Å². The van der Waals surface area contributed by atoms with Crippen molar-refractivity contribution >= 4 is 28.3 Å². The van der Waals surface area contributed by atoms with Crippen LogP contribution in [0.25, 0.3) is 11.1 Å². The molecule has 2 heterocycles. The van der Waals surface area contributed by atoms with E-state index in [4.69, 9.17) is 4.42 Å². The molecular formula is C19H15N3O3S. The zero-order chi connectivity index (χ0) is 17.9. The van der Waals surface area contributed by atoms with Crippen LogP contribution in [0.4, 0.5) is 0 Å². The van der Waals surface area contributed by atoms with Gasteiger partial charge in [0.15, 0.2) is 10.4 Å². The topological polar surface area (TPSA) is 69.5 Å².